The molecule has 1 amide bonds. The molecule has 0 radical (unpaired) electrons. The molecule has 7 nitrogen and oxygen atoms in total. The van der Waals surface area contributed by atoms with Gasteiger partial charge in [-0.3, -0.25) is 9.10 Å². The molecule has 3 aromatic rings. The van der Waals surface area contributed by atoms with Crippen molar-refractivity contribution in [2.24, 2.45) is 5.10 Å². The standard InChI is InChI=1S/C23H22ClN3O4S/c1-17-7-11-20(12-8-17)27(32(29,30)21-13-9-19(24)10-14-21)16-23(28)26-25-15-18-5-3-4-6-22(18)31-2/h3-15H,16H2,1-2H3,(H,26,28)/b25-15-. The van der Waals surface area contributed by atoms with Crippen molar-refractivity contribution in [1.29, 1.82) is 0 Å². The van der Waals surface area contributed by atoms with E-state index in [-0.39, 0.29) is 4.90 Å². The number of nitrogens with one attached hydrogen (secondary N) is 1. The van der Waals surface area contributed by atoms with Crippen molar-refractivity contribution in [3.63, 3.8) is 0 Å². The largest absolute Gasteiger partial charge is 0.496 e. The molecule has 3 aromatic carbocycles. The molecule has 0 saturated heterocycles. The minimum Gasteiger partial charge on any atom is -0.496 e. The van der Waals surface area contributed by atoms with E-state index in [9.17, 15) is 13.2 Å². The summed E-state index contributed by atoms with van der Waals surface area (Å²) in [6.45, 7) is 1.43. The molecule has 3 rings (SSSR count). The Morgan fingerprint density at radius 3 is 2.38 bits per heavy atom. The van der Waals surface area contributed by atoms with E-state index in [2.05, 4.69) is 10.5 Å². The summed E-state index contributed by atoms with van der Waals surface area (Å²) < 4.78 is 32.8. The number of rotatable bonds is 8. The summed E-state index contributed by atoms with van der Waals surface area (Å²) in [7, 11) is -2.49. The molecule has 0 unspecified atom stereocenters. The summed E-state index contributed by atoms with van der Waals surface area (Å²) in [4.78, 5) is 12.6. The normalized spacial score (nSPS) is 11.3. The number of amides is 1. The lowest BCUT2D eigenvalue weighted by Crippen LogP contribution is -2.39. The van der Waals surface area contributed by atoms with Crippen molar-refractivity contribution in [2.45, 2.75) is 11.8 Å². The summed E-state index contributed by atoms with van der Waals surface area (Å²) in [5.74, 6) is -0.00800. The zero-order valence-electron chi connectivity index (χ0n) is 17.5. The van der Waals surface area contributed by atoms with E-state index in [0.717, 1.165) is 9.87 Å². The highest BCUT2D eigenvalue weighted by Gasteiger charge is 2.27. The highest BCUT2D eigenvalue weighted by Crippen LogP contribution is 2.25. The Morgan fingerprint density at radius 2 is 1.72 bits per heavy atom. The number of halogens is 1. The number of anilines is 1. The molecule has 0 aliphatic carbocycles. The summed E-state index contributed by atoms with van der Waals surface area (Å²) in [5, 5.41) is 4.35. The van der Waals surface area contributed by atoms with Crippen molar-refractivity contribution < 1.29 is 17.9 Å². The molecule has 0 aliphatic rings. The Hall–Kier alpha value is -3.36. The topological polar surface area (TPSA) is 88.1 Å². The number of sulfonamides is 1. The lowest BCUT2D eigenvalue weighted by atomic mass is 10.2. The smallest absolute Gasteiger partial charge is 0.264 e. The van der Waals surface area contributed by atoms with Gasteiger partial charge in [0.2, 0.25) is 0 Å². The van der Waals surface area contributed by atoms with E-state index >= 15 is 0 Å². The first-order valence-electron chi connectivity index (χ1n) is 9.61. The Balaban J connectivity index is 1.84. The maximum Gasteiger partial charge on any atom is 0.264 e. The van der Waals surface area contributed by atoms with Gasteiger partial charge in [0.25, 0.3) is 15.9 Å². The van der Waals surface area contributed by atoms with Crippen LogP contribution in [-0.4, -0.2) is 34.2 Å². The average Bonchev–Trinajstić information content (AvgIpc) is 2.79. The molecule has 0 heterocycles. The van der Waals surface area contributed by atoms with Gasteiger partial charge in [-0.1, -0.05) is 41.4 Å². The van der Waals surface area contributed by atoms with Gasteiger partial charge < -0.3 is 4.74 Å². The van der Waals surface area contributed by atoms with Gasteiger partial charge in [0.15, 0.2) is 0 Å². The molecule has 0 aliphatic heterocycles. The van der Waals surface area contributed by atoms with Crippen molar-refractivity contribution in [2.75, 3.05) is 18.0 Å². The first kappa shape index (κ1) is 23.3. The van der Waals surface area contributed by atoms with Crippen LogP contribution in [0, 0.1) is 6.92 Å². The lowest BCUT2D eigenvalue weighted by Gasteiger charge is -2.23. The predicted octanol–water partition coefficient (Wildman–Crippen LogP) is 4.00. The summed E-state index contributed by atoms with van der Waals surface area (Å²) in [5.41, 5.74) is 4.36. The SMILES string of the molecule is COc1ccccc1/C=N\NC(=O)CN(c1ccc(C)cc1)S(=O)(=O)c1ccc(Cl)cc1. The van der Waals surface area contributed by atoms with E-state index < -0.39 is 22.5 Å². The number of hydrogen-bond donors (Lipinski definition) is 1. The van der Waals surface area contributed by atoms with Gasteiger partial charge in [-0.25, -0.2) is 13.8 Å². The number of carbonyl (C=O) groups excluding carboxylic acids is 1. The second-order valence-electron chi connectivity index (χ2n) is 6.84. The van der Waals surface area contributed by atoms with Crippen LogP contribution >= 0.6 is 11.6 Å². The number of ether oxygens (including phenoxy) is 1. The zero-order chi connectivity index (χ0) is 23.1. The Morgan fingerprint density at radius 1 is 1.06 bits per heavy atom. The van der Waals surface area contributed by atoms with Crippen molar-refractivity contribution >= 4 is 39.4 Å². The highest BCUT2D eigenvalue weighted by atomic mass is 35.5. The highest BCUT2D eigenvalue weighted by molar-refractivity contribution is 7.92. The molecule has 0 saturated carbocycles. The van der Waals surface area contributed by atoms with Crippen molar-refractivity contribution in [1.82, 2.24) is 5.43 Å². The van der Waals surface area contributed by atoms with E-state index in [1.165, 1.54) is 37.6 Å². The zero-order valence-corrected chi connectivity index (χ0v) is 19.1. The van der Waals surface area contributed by atoms with Gasteiger partial charge >= 0.3 is 0 Å². The quantitative estimate of drug-likeness (QED) is 0.397. The van der Waals surface area contributed by atoms with Crippen LogP contribution < -0.4 is 14.5 Å². The number of para-hydroxylation sites is 1. The van der Waals surface area contributed by atoms with Crippen LogP contribution in [0.5, 0.6) is 5.75 Å². The van der Waals surface area contributed by atoms with E-state index in [1.54, 1.807) is 36.4 Å². The molecule has 9 heteroatoms. The van der Waals surface area contributed by atoms with E-state index in [1.807, 2.05) is 19.1 Å². The van der Waals surface area contributed by atoms with Crippen LogP contribution in [0.4, 0.5) is 5.69 Å². The first-order valence-corrected chi connectivity index (χ1v) is 11.4. The van der Waals surface area contributed by atoms with Gasteiger partial charge in [-0.05, 0) is 55.5 Å². The fraction of sp³-hybridized carbons (Fsp3) is 0.130. The molecule has 1 N–H and O–H groups in total. The maximum absolute atomic E-state index is 13.3. The van der Waals surface area contributed by atoms with Gasteiger partial charge in [0.1, 0.15) is 12.3 Å². The number of methoxy groups -OCH3 is 1. The van der Waals surface area contributed by atoms with Crippen molar-refractivity contribution in [3.05, 3.63) is 88.9 Å². The van der Waals surface area contributed by atoms with Crippen LogP contribution in [0.2, 0.25) is 5.02 Å². The molecular weight excluding hydrogens is 450 g/mol. The van der Waals surface area contributed by atoms with Crippen LogP contribution in [0.25, 0.3) is 0 Å². The summed E-state index contributed by atoms with van der Waals surface area (Å²) in [6.07, 6.45) is 1.43. The second-order valence-corrected chi connectivity index (χ2v) is 9.14. The van der Waals surface area contributed by atoms with Crippen LogP contribution in [-0.2, 0) is 14.8 Å². The molecule has 0 bridgehead atoms. The first-order chi connectivity index (χ1) is 15.3. The predicted molar refractivity (Wildman–Crippen MR) is 126 cm³/mol. The summed E-state index contributed by atoms with van der Waals surface area (Å²) in [6, 6.07) is 19.8. The van der Waals surface area contributed by atoms with Gasteiger partial charge in [0, 0.05) is 10.6 Å². The average molecular weight is 472 g/mol. The third kappa shape index (κ3) is 5.66. The lowest BCUT2D eigenvalue weighted by molar-refractivity contribution is -0.119. The minimum absolute atomic E-state index is 0.0211. The minimum atomic E-state index is -4.02. The van der Waals surface area contributed by atoms with Crippen LogP contribution in [0.15, 0.2) is 82.8 Å². The van der Waals surface area contributed by atoms with E-state index in [4.69, 9.17) is 16.3 Å². The fourth-order valence-electron chi connectivity index (χ4n) is 2.87. The molecule has 0 aromatic heterocycles. The molecule has 0 atom stereocenters. The Kier molecular flexibility index (Phi) is 7.50. The van der Waals surface area contributed by atoms with Crippen LogP contribution in [0.3, 0.4) is 0 Å². The van der Waals surface area contributed by atoms with Crippen molar-refractivity contribution in [3.8, 4) is 5.75 Å². The third-order valence-corrected chi connectivity index (χ3v) is 6.58. The summed E-state index contributed by atoms with van der Waals surface area (Å²) >= 11 is 5.89. The fourth-order valence-corrected chi connectivity index (χ4v) is 4.42. The molecular formula is C23H22ClN3O4S. The Labute approximate surface area is 192 Å². The van der Waals surface area contributed by atoms with Gasteiger partial charge in [-0.2, -0.15) is 5.10 Å². The second kappa shape index (κ2) is 10.3. The molecule has 0 spiro atoms. The number of benzene rings is 3. The number of aryl methyl sites for hydroxylation is 1. The number of carbonyl (C=O) groups is 1. The molecule has 166 valence electrons. The van der Waals surface area contributed by atoms with Gasteiger partial charge in [0.05, 0.1) is 23.9 Å². The van der Waals surface area contributed by atoms with Crippen LogP contribution in [0.1, 0.15) is 11.1 Å². The monoisotopic (exact) mass is 471 g/mol. The van der Waals surface area contributed by atoms with Gasteiger partial charge in [-0.15, -0.1) is 0 Å². The number of hydrogen-bond acceptors (Lipinski definition) is 5. The molecule has 32 heavy (non-hydrogen) atoms. The number of hydrazone groups is 1. The third-order valence-electron chi connectivity index (χ3n) is 4.54. The number of nitrogens with zero attached hydrogens (tertiary/aromatic N) is 2. The molecule has 0 fully saturated rings. The maximum atomic E-state index is 13.3. The van der Waals surface area contributed by atoms with E-state index in [0.29, 0.717) is 22.0 Å². The Bertz CT molecular complexity index is 1210.